The molecule has 148 valence electrons. The van der Waals surface area contributed by atoms with E-state index in [0.29, 0.717) is 19.5 Å². The molecule has 2 aromatic rings. The number of benzene rings is 1. The summed E-state index contributed by atoms with van der Waals surface area (Å²) in [5, 5.41) is 7.33. The van der Waals surface area contributed by atoms with E-state index in [1.807, 2.05) is 18.7 Å². The molecule has 0 radical (unpaired) electrons. The van der Waals surface area contributed by atoms with Gasteiger partial charge < -0.3 is 10.2 Å². The predicted molar refractivity (Wildman–Crippen MR) is 113 cm³/mol. The Morgan fingerprint density at radius 1 is 1.18 bits per heavy atom. The van der Waals surface area contributed by atoms with Crippen LogP contribution in [0.5, 0.6) is 0 Å². The van der Waals surface area contributed by atoms with Crippen LogP contribution < -0.4 is 5.32 Å². The Hall–Kier alpha value is -2.14. The zero-order valence-corrected chi connectivity index (χ0v) is 17.4. The Labute approximate surface area is 170 Å². The van der Waals surface area contributed by atoms with Crippen LogP contribution in [0.1, 0.15) is 38.7 Å². The Morgan fingerprint density at radius 3 is 2.54 bits per heavy atom. The first kappa shape index (κ1) is 19.2. The summed E-state index contributed by atoms with van der Waals surface area (Å²) in [6, 6.07) is 10.7. The van der Waals surface area contributed by atoms with Crippen LogP contribution in [0.3, 0.4) is 0 Å². The Balaban J connectivity index is 1.54. The van der Waals surface area contributed by atoms with Crippen LogP contribution in [0.4, 0.5) is 0 Å². The van der Waals surface area contributed by atoms with Crippen LogP contribution in [0.15, 0.2) is 41.1 Å². The van der Waals surface area contributed by atoms with E-state index in [9.17, 15) is 9.59 Å². The third kappa shape index (κ3) is 4.00. The van der Waals surface area contributed by atoms with E-state index in [0.717, 1.165) is 24.8 Å². The third-order valence-electron chi connectivity index (χ3n) is 5.84. The van der Waals surface area contributed by atoms with Crippen molar-refractivity contribution < 1.29 is 9.59 Å². The highest BCUT2D eigenvalue weighted by molar-refractivity contribution is 7.08. The molecule has 0 unspecified atom stereocenters. The number of amides is 2. The van der Waals surface area contributed by atoms with E-state index >= 15 is 0 Å². The number of hydrogen-bond acceptors (Lipinski definition) is 3. The van der Waals surface area contributed by atoms with Gasteiger partial charge in [0.15, 0.2) is 0 Å². The van der Waals surface area contributed by atoms with Crippen molar-refractivity contribution in [3.05, 3.63) is 46.7 Å². The summed E-state index contributed by atoms with van der Waals surface area (Å²) in [5.74, 6) is 0.524. The van der Waals surface area contributed by atoms with Gasteiger partial charge in [-0.3, -0.25) is 9.59 Å². The average Bonchev–Trinajstić information content (AvgIpc) is 3.20. The van der Waals surface area contributed by atoms with Gasteiger partial charge in [0.05, 0.1) is 5.41 Å². The molecule has 1 aliphatic heterocycles. The number of carbonyl (C=O) groups excluding carboxylic acids is 2. The number of likely N-dealkylation sites (tertiary alicyclic amines) is 1. The lowest BCUT2D eigenvalue weighted by Crippen LogP contribution is -2.47. The molecule has 0 bridgehead atoms. The second-order valence-corrected chi connectivity index (χ2v) is 9.36. The van der Waals surface area contributed by atoms with Gasteiger partial charge in [-0.15, -0.1) is 0 Å². The maximum Gasteiger partial charge on any atom is 0.228 e. The van der Waals surface area contributed by atoms with Gasteiger partial charge in [0.2, 0.25) is 11.8 Å². The van der Waals surface area contributed by atoms with Crippen molar-refractivity contribution in [2.75, 3.05) is 13.1 Å². The number of thiophene rings is 1. The summed E-state index contributed by atoms with van der Waals surface area (Å²) in [7, 11) is 0. The first-order valence-corrected chi connectivity index (χ1v) is 11.1. The SMILES string of the molecule is CC(C)NC(=O)[C@@]1(Cc2ccc(-c3ccsc3)cc2)CCN(C(=O)C2CC2)C1. The molecule has 1 saturated carbocycles. The lowest BCUT2D eigenvalue weighted by atomic mass is 9.79. The van der Waals surface area contributed by atoms with Gasteiger partial charge in [0.25, 0.3) is 0 Å². The fourth-order valence-electron chi connectivity index (χ4n) is 4.11. The van der Waals surface area contributed by atoms with E-state index < -0.39 is 5.41 Å². The molecule has 1 aliphatic carbocycles. The van der Waals surface area contributed by atoms with Gasteiger partial charge in [-0.25, -0.2) is 0 Å². The molecule has 4 rings (SSSR count). The lowest BCUT2D eigenvalue weighted by Gasteiger charge is -2.29. The zero-order valence-electron chi connectivity index (χ0n) is 16.6. The van der Waals surface area contributed by atoms with Crippen LogP contribution in [0.25, 0.3) is 11.1 Å². The fraction of sp³-hybridized carbons (Fsp3) is 0.478. The number of nitrogens with zero attached hydrogens (tertiary/aromatic N) is 1. The summed E-state index contributed by atoms with van der Waals surface area (Å²) < 4.78 is 0. The van der Waals surface area contributed by atoms with Crippen molar-refractivity contribution >= 4 is 23.2 Å². The van der Waals surface area contributed by atoms with Crippen LogP contribution in [0.2, 0.25) is 0 Å². The third-order valence-corrected chi connectivity index (χ3v) is 6.53. The highest BCUT2D eigenvalue weighted by Crippen LogP contribution is 2.39. The van der Waals surface area contributed by atoms with Gasteiger partial charge in [0.1, 0.15) is 0 Å². The van der Waals surface area contributed by atoms with Gasteiger partial charge in [-0.05, 0) is 73.0 Å². The molecule has 1 aromatic carbocycles. The number of hydrogen-bond donors (Lipinski definition) is 1. The van der Waals surface area contributed by atoms with Crippen LogP contribution in [-0.2, 0) is 16.0 Å². The maximum atomic E-state index is 13.1. The second kappa shape index (κ2) is 7.70. The molecule has 5 heteroatoms. The van der Waals surface area contributed by atoms with E-state index in [1.54, 1.807) is 11.3 Å². The van der Waals surface area contributed by atoms with Gasteiger partial charge in [-0.1, -0.05) is 24.3 Å². The van der Waals surface area contributed by atoms with Crippen molar-refractivity contribution in [3.63, 3.8) is 0 Å². The van der Waals surface area contributed by atoms with Crippen molar-refractivity contribution in [2.24, 2.45) is 11.3 Å². The smallest absolute Gasteiger partial charge is 0.228 e. The molecule has 1 N–H and O–H groups in total. The molecule has 1 aromatic heterocycles. The minimum atomic E-state index is -0.529. The van der Waals surface area contributed by atoms with E-state index in [2.05, 4.69) is 46.4 Å². The standard InChI is InChI=1S/C23H28N2O2S/c1-16(2)24-22(27)23(10-11-25(15-23)21(26)19-7-8-19)13-17-3-5-18(6-4-17)20-9-12-28-14-20/h3-6,9,12,14,16,19H,7-8,10-11,13,15H2,1-2H3,(H,24,27)/t23-/m1/s1. The van der Waals surface area contributed by atoms with Crippen LogP contribution >= 0.6 is 11.3 Å². The quantitative estimate of drug-likeness (QED) is 0.799. The summed E-state index contributed by atoms with van der Waals surface area (Å²) in [6.07, 6.45) is 3.41. The van der Waals surface area contributed by atoms with E-state index in [-0.39, 0.29) is 23.8 Å². The van der Waals surface area contributed by atoms with Crippen LogP contribution in [0, 0.1) is 11.3 Å². The normalized spacial score (nSPS) is 21.9. The summed E-state index contributed by atoms with van der Waals surface area (Å²) >= 11 is 1.69. The minimum Gasteiger partial charge on any atom is -0.353 e. The van der Waals surface area contributed by atoms with Crippen LogP contribution in [-0.4, -0.2) is 35.8 Å². The molecule has 2 fully saturated rings. The largest absolute Gasteiger partial charge is 0.353 e. The maximum absolute atomic E-state index is 13.1. The fourth-order valence-corrected chi connectivity index (χ4v) is 4.77. The average molecular weight is 397 g/mol. The molecule has 2 amide bonds. The van der Waals surface area contributed by atoms with E-state index in [4.69, 9.17) is 0 Å². The number of rotatable bonds is 6. The van der Waals surface area contributed by atoms with Gasteiger partial charge >= 0.3 is 0 Å². The Morgan fingerprint density at radius 2 is 1.93 bits per heavy atom. The second-order valence-electron chi connectivity index (χ2n) is 8.58. The van der Waals surface area contributed by atoms with E-state index in [1.165, 1.54) is 11.1 Å². The molecule has 28 heavy (non-hydrogen) atoms. The summed E-state index contributed by atoms with van der Waals surface area (Å²) in [6.45, 7) is 5.20. The van der Waals surface area contributed by atoms with Crippen molar-refractivity contribution in [1.82, 2.24) is 10.2 Å². The first-order valence-electron chi connectivity index (χ1n) is 10.2. The zero-order chi connectivity index (χ0) is 19.7. The van der Waals surface area contributed by atoms with Gasteiger partial charge in [-0.2, -0.15) is 11.3 Å². The van der Waals surface area contributed by atoms with Crippen molar-refractivity contribution in [2.45, 2.75) is 45.6 Å². The van der Waals surface area contributed by atoms with Crippen molar-refractivity contribution in [1.29, 1.82) is 0 Å². The highest BCUT2D eigenvalue weighted by atomic mass is 32.1. The Kier molecular flexibility index (Phi) is 5.28. The molecule has 0 spiro atoms. The lowest BCUT2D eigenvalue weighted by molar-refractivity contribution is -0.134. The number of carbonyl (C=O) groups is 2. The predicted octanol–water partition coefficient (Wildman–Crippen LogP) is 4.11. The molecule has 4 nitrogen and oxygen atoms in total. The number of nitrogens with one attached hydrogen (secondary N) is 1. The molecule has 1 saturated heterocycles. The monoisotopic (exact) mass is 396 g/mol. The van der Waals surface area contributed by atoms with Gasteiger partial charge in [0, 0.05) is 25.0 Å². The summed E-state index contributed by atoms with van der Waals surface area (Å²) in [4.78, 5) is 27.6. The molecular weight excluding hydrogens is 368 g/mol. The van der Waals surface area contributed by atoms with Crippen molar-refractivity contribution in [3.8, 4) is 11.1 Å². The summed E-state index contributed by atoms with van der Waals surface area (Å²) in [5.41, 5.74) is 3.05. The first-order chi connectivity index (χ1) is 13.5. The molecular formula is C23H28N2O2S. The molecule has 2 aliphatic rings. The molecule has 2 heterocycles. The topological polar surface area (TPSA) is 49.4 Å². The minimum absolute atomic E-state index is 0.0792. The highest BCUT2D eigenvalue weighted by Gasteiger charge is 2.48. The molecule has 1 atom stereocenters. The Bertz CT molecular complexity index is 840.